The maximum Gasteiger partial charge on any atom is 0.0911 e. The van der Waals surface area contributed by atoms with Crippen LogP contribution in [-0.4, -0.2) is 13.2 Å². The van der Waals surface area contributed by atoms with Gasteiger partial charge in [0.2, 0.25) is 0 Å². The Balaban J connectivity index is 2.52. The van der Waals surface area contributed by atoms with Gasteiger partial charge in [-0.05, 0) is 24.6 Å². The van der Waals surface area contributed by atoms with Gasteiger partial charge in [-0.1, -0.05) is 12.0 Å². The van der Waals surface area contributed by atoms with Crippen molar-refractivity contribution in [2.45, 2.75) is 6.42 Å². The van der Waals surface area contributed by atoms with E-state index in [0.29, 0.717) is 13.0 Å². The molecular formula is C11H12FN. The molecular weight excluding hydrogens is 165 g/mol. The fourth-order valence-electron chi connectivity index (χ4n) is 1.02. The molecule has 0 aliphatic carbocycles. The van der Waals surface area contributed by atoms with Crippen molar-refractivity contribution >= 4 is 5.69 Å². The summed E-state index contributed by atoms with van der Waals surface area (Å²) in [5.74, 6) is 2.54. The Morgan fingerprint density at radius 3 is 3.00 bits per heavy atom. The molecule has 0 unspecified atom stereocenters. The summed E-state index contributed by atoms with van der Waals surface area (Å²) in [4.78, 5) is 0. The third-order valence-corrected chi connectivity index (χ3v) is 1.67. The Bertz CT molecular complexity index is 301. The van der Waals surface area contributed by atoms with Crippen LogP contribution in [0.5, 0.6) is 0 Å². The Kier molecular flexibility index (Phi) is 3.84. The van der Waals surface area contributed by atoms with Crippen molar-refractivity contribution in [3.8, 4) is 12.3 Å². The third-order valence-electron chi connectivity index (χ3n) is 1.67. The van der Waals surface area contributed by atoms with Gasteiger partial charge in [-0.15, -0.1) is 6.42 Å². The number of hydrogen-bond acceptors (Lipinski definition) is 1. The average Bonchev–Trinajstić information content (AvgIpc) is 2.19. The maximum atomic E-state index is 11.8. The summed E-state index contributed by atoms with van der Waals surface area (Å²) in [5.41, 5.74) is 1.79. The first kappa shape index (κ1) is 9.60. The molecule has 0 radical (unpaired) electrons. The van der Waals surface area contributed by atoms with Gasteiger partial charge in [-0.25, -0.2) is 0 Å². The molecule has 0 spiro atoms. The van der Waals surface area contributed by atoms with Gasteiger partial charge in [0.15, 0.2) is 0 Å². The lowest BCUT2D eigenvalue weighted by atomic mass is 10.2. The number of anilines is 1. The van der Waals surface area contributed by atoms with E-state index in [1.54, 1.807) is 0 Å². The van der Waals surface area contributed by atoms with Crippen molar-refractivity contribution in [3.63, 3.8) is 0 Å². The number of benzene rings is 1. The molecule has 1 aromatic carbocycles. The fraction of sp³-hybridized carbons (Fsp3) is 0.273. The standard InChI is InChI=1S/C11H12FN/c1-2-10-5-3-6-11(9-10)13-8-4-7-12/h1,3,5-6,9,13H,4,7-8H2. The second-order valence-electron chi connectivity index (χ2n) is 2.69. The highest BCUT2D eigenvalue weighted by Gasteiger charge is 1.92. The van der Waals surface area contributed by atoms with Crippen LogP contribution in [0, 0.1) is 12.3 Å². The van der Waals surface area contributed by atoms with Crippen LogP contribution in [-0.2, 0) is 0 Å². The van der Waals surface area contributed by atoms with E-state index in [9.17, 15) is 4.39 Å². The molecule has 68 valence electrons. The van der Waals surface area contributed by atoms with Crippen LogP contribution in [0.25, 0.3) is 0 Å². The van der Waals surface area contributed by atoms with E-state index in [0.717, 1.165) is 11.3 Å². The van der Waals surface area contributed by atoms with Gasteiger partial charge < -0.3 is 5.32 Å². The molecule has 13 heavy (non-hydrogen) atoms. The number of alkyl halides is 1. The first-order valence-corrected chi connectivity index (χ1v) is 4.23. The maximum absolute atomic E-state index is 11.8. The molecule has 1 rings (SSSR count). The van der Waals surface area contributed by atoms with Gasteiger partial charge in [0.1, 0.15) is 0 Å². The predicted molar refractivity (Wildman–Crippen MR) is 53.5 cm³/mol. The molecule has 0 aliphatic rings. The smallest absolute Gasteiger partial charge is 0.0911 e. The first-order chi connectivity index (χ1) is 6.36. The van der Waals surface area contributed by atoms with E-state index in [-0.39, 0.29) is 6.67 Å². The molecule has 0 aromatic heterocycles. The lowest BCUT2D eigenvalue weighted by Gasteiger charge is -2.04. The number of nitrogens with one attached hydrogen (secondary N) is 1. The average molecular weight is 177 g/mol. The van der Waals surface area contributed by atoms with Crippen molar-refractivity contribution in [1.29, 1.82) is 0 Å². The van der Waals surface area contributed by atoms with Crippen molar-refractivity contribution < 1.29 is 4.39 Å². The van der Waals surface area contributed by atoms with E-state index in [4.69, 9.17) is 6.42 Å². The number of hydrogen-bond donors (Lipinski definition) is 1. The molecule has 0 saturated carbocycles. The molecule has 1 aromatic rings. The van der Waals surface area contributed by atoms with Gasteiger partial charge in [0.05, 0.1) is 6.67 Å². The summed E-state index contributed by atoms with van der Waals surface area (Å²) < 4.78 is 11.8. The lowest BCUT2D eigenvalue weighted by Crippen LogP contribution is -2.01. The molecule has 0 heterocycles. The predicted octanol–water partition coefficient (Wildman–Crippen LogP) is 2.44. The van der Waals surface area contributed by atoms with Crippen LogP contribution < -0.4 is 5.32 Å². The van der Waals surface area contributed by atoms with Gasteiger partial charge in [0.25, 0.3) is 0 Å². The molecule has 0 fully saturated rings. The molecule has 2 heteroatoms. The van der Waals surface area contributed by atoms with E-state index < -0.39 is 0 Å². The van der Waals surface area contributed by atoms with Crippen molar-refractivity contribution in [3.05, 3.63) is 29.8 Å². The van der Waals surface area contributed by atoms with Gasteiger partial charge in [0, 0.05) is 17.8 Å². The highest BCUT2D eigenvalue weighted by Crippen LogP contribution is 2.09. The van der Waals surface area contributed by atoms with Crippen LogP contribution in [0.3, 0.4) is 0 Å². The van der Waals surface area contributed by atoms with Crippen molar-refractivity contribution in [1.82, 2.24) is 0 Å². The van der Waals surface area contributed by atoms with Crippen LogP contribution in [0.15, 0.2) is 24.3 Å². The summed E-state index contributed by atoms with van der Waals surface area (Å²) in [6.45, 7) is 0.354. The Morgan fingerprint density at radius 2 is 2.31 bits per heavy atom. The number of halogens is 1. The lowest BCUT2D eigenvalue weighted by molar-refractivity contribution is 0.481. The summed E-state index contributed by atoms with van der Waals surface area (Å²) in [6, 6.07) is 7.53. The topological polar surface area (TPSA) is 12.0 Å². The zero-order valence-corrected chi connectivity index (χ0v) is 7.39. The van der Waals surface area contributed by atoms with Crippen molar-refractivity contribution in [2.75, 3.05) is 18.5 Å². The van der Waals surface area contributed by atoms with Gasteiger partial charge in [-0.2, -0.15) is 0 Å². The SMILES string of the molecule is C#Cc1cccc(NCCCF)c1. The van der Waals surface area contributed by atoms with Gasteiger partial charge in [-0.3, -0.25) is 4.39 Å². The first-order valence-electron chi connectivity index (χ1n) is 4.23. The van der Waals surface area contributed by atoms with E-state index in [1.807, 2.05) is 24.3 Å². The zero-order chi connectivity index (χ0) is 9.52. The monoisotopic (exact) mass is 177 g/mol. The van der Waals surface area contributed by atoms with E-state index >= 15 is 0 Å². The Labute approximate surface area is 78.0 Å². The quantitative estimate of drug-likeness (QED) is 0.550. The molecule has 0 atom stereocenters. The minimum Gasteiger partial charge on any atom is -0.385 e. The van der Waals surface area contributed by atoms with Crippen LogP contribution in [0.1, 0.15) is 12.0 Å². The molecule has 0 bridgehead atoms. The Hall–Kier alpha value is -1.49. The summed E-state index contributed by atoms with van der Waals surface area (Å²) in [5, 5.41) is 3.08. The summed E-state index contributed by atoms with van der Waals surface area (Å²) >= 11 is 0. The second-order valence-corrected chi connectivity index (χ2v) is 2.69. The molecule has 0 aliphatic heterocycles. The van der Waals surface area contributed by atoms with Gasteiger partial charge >= 0.3 is 0 Å². The van der Waals surface area contributed by atoms with Crippen LogP contribution in [0.4, 0.5) is 10.1 Å². The minimum absolute atomic E-state index is 0.290. The molecule has 1 N–H and O–H groups in total. The van der Waals surface area contributed by atoms with E-state index in [1.165, 1.54) is 0 Å². The summed E-state index contributed by atoms with van der Waals surface area (Å²) in [6.07, 6.45) is 5.76. The Morgan fingerprint density at radius 1 is 1.46 bits per heavy atom. The molecule has 0 amide bonds. The van der Waals surface area contributed by atoms with Crippen LogP contribution >= 0.6 is 0 Å². The fourth-order valence-corrected chi connectivity index (χ4v) is 1.02. The highest BCUT2D eigenvalue weighted by atomic mass is 19.1. The van der Waals surface area contributed by atoms with Crippen molar-refractivity contribution in [2.24, 2.45) is 0 Å². The summed E-state index contributed by atoms with van der Waals surface area (Å²) in [7, 11) is 0. The molecule has 0 saturated heterocycles. The largest absolute Gasteiger partial charge is 0.385 e. The third kappa shape index (κ3) is 3.16. The van der Waals surface area contributed by atoms with E-state index in [2.05, 4.69) is 11.2 Å². The van der Waals surface area contributed by atoms with Crippen LogP contribution in [0.2, 0.25) is 0 Å². The minimum atomic E-state index is -0.290. The molecule has 1 nitrogen and oxygen atoms in total. The highest BCUT2D eigenvalue weighted by molar-refractivity contribution is 5.49. The number of terminal acetylenes is 1. The number of rotatable bonds is 4. The normalized spacial score (nSPS) is 9.23. The zero-order valence-electron chi connectivity index (χ0n) is 7.39. The second kappa shape index (κ2) is 5.21.